The van der Waals surface area contributed by atoms with Gasteiger partial charge in [0.1, 0.15) is 5.15 Å². The van der Waals surface area contributed by atoms with E-state index in [0.29, 0.717) is 11.1 Å². The number of ketones is 1. The number of Topliss-reactive ketones (excluding diaryl/α,β-unsaturated/α-hetero) is 1. The lowest BCUT2D eigenvalue weighted by Gasteiger charge is -2.13. The predicted molar refractivity (Wildman–Crippen MR) is 116 cm³/mol. The van der Waals surface area contributed by atoms with E-state index in [-0.39, 0.29) is 33.4 Å². The van der Waals surface area contributed by atoms with Crippen molar-refractivity contribution in [2.75, 3.05) is 5.75 Å². The van der Waals surface area contributed by atoms with Gasteiger partial charge in [0.05, 0.1) is 17.0 Å². The summed E-state index contributed by atoms with van der Waals surface area (Å²) in [5.41, 5.74) is 0.456. The molecule has 0 aliphatic heterocycles. The first-order valence-electron chi connectivity index (χ1n) is 9.29. The SMILES string of the molecule is O=C(CSc1nnc(-c2ccc(Cl)nc2)n1-c1cccc(C(F)(F)F)c1)c1ccccc1. The van der Waals surface area contributed by atoms with E-state index in [1.807, 2.05) is 0 Å². The zero-order valence-corrected chi connectivity index (χ0v) is 17.8. The molecule has 0 saturated heterocycles. The first-order chi connectivity index (χ1) is 15.3. The summed E-state index contributed by atoms with van der Waals surface area (Å²) in [6, 6.07) is 16.8. The number of thioether (sulfide) groups is 1. The summed E-state index contributed by atoms with van der Waals surface area (Å²) in [5.74, 6) is 0.187. The van der Waals surface area contributed by atoms with Crippen LogP contribution in [0.2, 0.25) is 5.15 Å². The van der Waals surface area contributed by atoms with Crippen molar-refractivity contribution >= 4 is 29.1 Å². The minimum absolute atomic E-state index is 0.0416. The standard InChI is InChI=1S/C22H14ClF3N4OS/c23-19-10-9-15(12-27-19)20-28-29-21(32-13-18(31)14-5-2-1-3-6-14)30(20)17-8-4-7-16(11-17)22(24,25)26/h1-12H,13H2. The Morgan fingerprint density at radius 2 is 1.78 bits per heavy atom. The van der Waals surface area contributed by atoms with Gasteiger partial charge in [-0.2, -0.15) is 13.2 Å². The quantitative estimate of drug-likeness (QED) is 0.195. The molecule has 0 saturated carbocycles. The molecule has 2 heterocycles. The Morgan fingerprint density at radius 3 is 2.47 bits per heavy atom. The fourth-order valence-corrected chi connectivity index (χ4v) is 3.91. The van der Waals surface area contributed by atoms with Crippen LogP contribution in [0.3, 0.4) is 0 Å². The fourth-order valence-electron chi connectivity index (χ4n) is 2.95. The molecule has 2 aromatic heterocycles. The number of carbonyl (C=O) groups excluding carboxylic acids is 1. The van der Waals surface area contributed by atoms with Gasteiger partial charge >= 0.3 is 6.18 Å². The molecule has 0 aliphatic rings. The van der Waals surface area contributed by atoms with Crippen molar-refractivity contribution in [3.63, 3.8) is 0 Å². The highest BCUT2D eigenvalue weighted by Gasteiger charge is 2.31. The average Bonchev–Trinajstić information content (AvgIpc) is 3.22. The van der Waals surface area contributed by atoms with Gasteiger partial charge in [0.15, 0.2) is 16.8 Å². The number of hydrogen-bond acceptors (Lipinski definition) is 5. The van der Waals surface area contributed by atoms with Crippen LogP contribution >= 0.6 is 23.4 Å². The number of alkyl halides is 3. The molecule has 0 atom stereocenters. The van der Waals surface area contributed by atoms with Crippen molar-refractivity contribution in [2.45, 2.75) is 11.3 Å². The average molecular weight is 475 g/mol. The summed E-state index contributed by atoms with van der Waals surface area (Å²) in [4.78, 5) is 16.5. The summed E-state index contributed by atoms with van der Waals surface area (Å²) in [7, 11) is 0. The van der Waals surface area contributed by atoms with E-state index in [0.717, 1.165) is 23.9 Å². The van der Waals surface area contributed by atoms with E-state index in [1.54, 1.807) is 42.5 Å². The molecule has 0 bridgehead atoms. The van der Waals surface area contributed by atoms with Gasteiger partial charge in [-0.15, -0.1) is 10.2 Å². The lowest BCUT2D eigenvalue weighted by Crippen LogP contribution is -2.08. The third-order valence-electron chi connectivity index (χ3n) is 4.48. The molecule has 0 fully saturated rings. The number of benzene rings is 2. The molecule has 10 heteroatoms. The van der Waals surface area contributed by atoms with Crippen LogP contribution in [0.1, 0.15) is 15.9 Å². The van der Waals surface area contributed by atoms with Crippen molar-refractivity contribution in [3.05, 3.63) is 89.2 Å². The van der Waals surface area contributed by atoms with E-state index in [4.69, 9.17) is 11.6 Å². The molecular formula is C22H14ClF3N4OS. The molecule has 4 rings (SSSR count). The molecular weight excluding hydrogens is 461 g/mol. The Kier molecular flexibility index (Phi) is 6.29. The van der Waals surface area contributed by atoms with Gasteiger partial charge in [0, 0.05) is 17.3 Å². The van der Waals surface area contributed by atoms with E-state index >= 15 is 0 Å². The summed E-state index contributed by atoms with van der Waals surface area (Å²) in [6.45, 7) is 0. The smallest absolute Gasteiger partial charge is 0.293 e. The van der Waals surface area contributed by atoms with Crippen LogP contribution in [-0.4, -0.2) is 31.3 Å². The zero-order chi connectivity index (χ0) is 22.7. The normalized spacial score (nSPS) is 11.5. The van der Waals surface area contributed by atoms with Gasteiger partial charge in [0.2, 0.25) is 0 Å². The summed E-state index contributed by atoms with van der Waals surface area (Å²) in [6.07, 6.45) is -3.05. The molecule has 0 radical (unpaired) electrons. The molecule has 0 spiro atoms. The van der Waals surface area contributed by atoms with Crippen molar-refractivity contribution in [3.8, 4) is 17.1 Å². The predicted octanol–water partition coefficient (Wildman–Crippen LogP) is 5.98. The molecule has 162 valence electrons. The van der Waals surface area contributed by atoms with Gasteiger partial charge in [0.25, 0.3) is 0 Å². The number of aromatic nitrogens is 4. The Labute approximate surface area is 190 Å². The van der Waals surface area contributed by atoms with Gasteiger partial charge < -0.3 is 0 Å². The molecule has 0 unspecified atom stereocenters. The number of pyridine rings is 1. The highest BCUT2D eigenvalue weighted by atomic mass is 35.5. The lowest BCUT2D eigenvalue weighted by atomic mass is 10.2. The molecule has 2 aromatic carbocycles. The first kappa shape index (κ1) is 22.0. The minimum atomic E-state index is -4.51. The Hall–Kier alpha value is -3.17. The Bertz CT molecular complexity index is 1240. The number of carbonyl (C=O) groups is 1. The van der Waals surface area contributed by atoms with Crippen LogP contribution < -0.4 is 0 Å². The van der Waals surface area contributed by atoms with Gasteiger partial charge in [-0.25, -0.2) is 4.98 Å². The fraction of sp³-hybridized carbons (Fsp3) is 0.0909. The van der Waals surface area contributed by atoms with Crippen molar-refractivity contribution < 1.29 is 18.0 Å². The van der Waals surface area contributed by atoms with E-state index in [9.17, 15) is 18.0 Å². The summed E-state index contributed by atoms with van der Waals surface area (Å²) in [5, 5.41) is 8.82. The van der Waals surface area contributed by atoms with Gasteiger partial charge in [-0.3, -0.25) is 9.36 Å². The van der Waals surface area contributed by atoms with Crippen molar-refractivity contribution in [2.24, 2.45) is 0 Å². The van der Waals surface area contributed by atoms with Crippen LogP contribution in [-0.2, 0) is 6.18 Å². The second kappa shape index (κ2) is 9.13. The second-order valence-electron chi connectivity index (χ2n) is 6.64. The first-order valence-corrected chi connectivity index (χ1v) is 10.7. The molecule has 32 heavy (non-hydrogen) atoms. The Balaban J connectivity index is 1.74. The highest BCUT2D eigenvalue weighted by molar-refractivity contribution is 7.99. The van der Waals surface area contributed by atoms with Gasteiger partial charge in [-0.1, -0.05) is 59.8 Å². The second-order valence-corrected chi connectivity index (χ2v) is 7.97. The maximum atomic E-state index is 13.3. The van der Waals surface area contributed by atoms with E-state index in [1.165, 1.54) is 22.9 Å². The molecule has 0 aliphatic carbocycles. The third kappa shape index (κ3) is 4.84. The van der Waals surface area contributed by atoms with Gasteiger partial charge in [-0.05, 0) is 30.3 Å². The summed E-state index contributed by atoms with van der Waals surface area (Å²) >= 11 is 6.94. The van der Waals surface area contributed by atoms with Crippen LogP contribution in [0.25, 0.3) is 17.1 Å². The number of hydrogen-bond donors (Lipinski definition) is 0. The number of halogens is 4. The topological polar surface area (TPSA) is 60.7 Å². The van der Waals surface area contributed by atoms with E-state index in [2.05, 4.69) is 15.2 Å². The summed E-state index contributed by atoms with van der Waals surface area (Å²) < 4.78 is 41.4. The molecule has 0 N–H and O–H groups in total. The van der Waals surface area contributed by atoms with Crippen LogP contribution in [0.5, 0.6) is 0 Å². The lowest BCUT2D eigenvalue weighted by molar-refractivity contribution is -0.137. The molecule has 5 nitrogen and oxygen atoms in total. The third-order valence-corrected chi connectivity index (χ3v) is 5.63. The largest absolute Gasteiger partial charge is 0.416 e. The maximum absolute atomic E-state index is 13.3. The zero-order valence-electron chi connectivity index (χ0n) is 16.3. The highest BCUT2D eigenvalue weighted by Crippen LogP contribution is 2.33. The number of nitrogens with zero attached hydrogens (tertiary/aromatic N) is 4. The van der Waals surface area contributed by atoms with E-state index < -0.39 is 11.7 Å². The van der Waals surface area contributed by atoms with Crippen LogP contribution in [0.4, 0.5) is 13.2 Å². The van der Waals surface area contributed by atoms with Crippen molar-refractivity contribution in [1.82, 2.24) is 19.7 Å². The molecule has 0 amide bonds. The van der Waals surface area contributed by atoms with Crippen molar-refractivity contribution in [1.29, 1.82) is 0 Å². The minimum Gasteiger partial charge on any atom is -0.293 e. The number of rotatable bonds is 6. The van der Waals surface area contributed by atoms with Crippen LogP contribution in [0.15, 0.2) is 78.1 Å². The maximum Gasteiger partial charge on any atom is 0.416 e. The monoisotopic (exact) mass is 474 g/mol. The van der Waals surface area contributed by atoms with Crippen LogP contribution in [0, 0.1) is 0 Å². The molecule has 4 aromatic rings. The Morgan fingerprint density at radius 1 is 1.00 bits per heavy atom.